The molecule has 0 atom stereocenters. The minimum atomic E-state index is 0.437. The van der Waals surface area contributed by atoms with Gasteiger partial charge in [0.05, 0.1) is 17.8 Å². The number of anilines is 1. The first-order valence-corrected chi connectivity index (χ1v) is 5.15. The summed E-state index contributed by atoms with van der Waals surface area (Å²) >= 11 is 6.22. The van der Waals surface area contributed by atoms with Crippen molar-refractivity contribution in [2.24, 2.45) is 0 Å². The minimum Gasteiger partial charge on any atom is -0.497 e. The maximum Gasteiger partial charge on any atom is 0.145 e. The molecule has 0 saturated carbocycles. The number of aromatic nitrogens is 2. The van der Waals surface area contributed by atoms with E-state index in [1.54, 1.807) is 13.2 Å². The number of H-pyrrole nitrogens is 1. The molecule has 2 aromatic rings. The number of benzene rings is 1. The van der Waals surface area contributed by atoms with E-state index in [1.807, 2.05) is 19.1 Å². The van der Waals surface area contributed by atoms with Crippen LogP contribution in [0.3, 0.4) is 0 Å². The Morgan fingerprint density at radius 3 is 2.69 bits per heavy atom. The normalized spacial score (nSPS) is 10.4. The number of nitrogens with zero attached hydrogens (tertiary/aromatic N) is 1. The van der Waals surface area contributed by atoms with E-state index in [4.69, 9.17) is 22.1 Å². The number of rotatable bonds is 2. The van der Waals surface area contributed by atoms with Crippen LogP contribution in [-0.4, -0.2) is 17.3 Å². The number of ether oxygens (including phenoxy) is 1. The number of hydrogen-bond acceptors (Lipinski definition) is 3. The van der Waals surface area contributed by atoms with Gasteiger partial charge < -0.3 is 10.5 Å². The van der Waals surface area contributed by atoms with Crippen LogP contribution in [0.1, 0.15) is 5.56 Å². The van der Waals surface area contributed by atoms with E-state index in [0.717, 1.165) is 22.6 Å². The van der Waals surface area contributed by atoms with Gasteiger partial charge in [0.15, 0.2) is 0 Å². The predicted octanol–water partition coefficient (Wildman–Crippen LogP) is 2.63. The van der Waals surface area contributed by atoms with Crippen molar-refractivity contribution in [2.75, 3.05) is 12.8 Å². The molecule has 0 aliphatic rings. The van der Waals surface area contributed by atoms with Gasteiger partial charge in [-0.25, -0.2) is 0 Å². The summed E-state index contributed by atoms with van der Waals surface area (Å²) in [5.74, 6) is 1.19. The third kappa shape index (κ3) is 1.84. The van der Waals surface area contributed by atoms with Crippen LogP contribution < -0.4 is 10.5 Å². The van der Waals surface area contributed by atoms with Gasteiger partial charge in [0.2, 0.25) is 0 Å². The fourth-order valence-corrected chi connectivity index (χ4v) is 1.74. The lowest BCUT2D eigenvalue weighted by Gasteiger charge is -2.08. The van der Waals surface area contributed by atoms with E-state index in [-0.39, 0.29) is 0 Å². The maximum atomic E-state index is 6.22. The zero-order valence-electron chi connectivity index (χ0n) is 9.04. The predicted molar refractivity (Wildman–Crippen MR) is 64.7 cm³/mol. The summed E-state index contributed by atoms with van der Waals surface area (Å²) in [6, 6.07) is 5.47. The number of hydrogen-bond donors (Lipinski definition) is 2. The summed E-state index contributed by atoms with van der Waals surface area (Å²) in [5, 5.41) is 7.37. The Morgan fingerprint density at radius 2 is 2.12 bits per heavy atom. The summed E-state index contributed by atoms with van der Waals surface area (Å²) in [6.07, 6.45) is 0. The molecule has 0 fully saturated rings. The molecular formula is C11H12ClN3O. The van der Waals surface area contributed by atoms with Gasteiger partial charge >= 0.3 is 0 Å². The average Bonchev–Trinajstić information content (AvgIpc) is 2.68. The van der Waals surface area contributed by atoms with Crippen molar-refractivity contribution in [1.29, 1.82) is 0 Å². The van der Waals surface area contributed by atoms with Crippen molar-refractivity contribution >= 4 is 17.4 Å². The highest BCUT2D eigenvalue weighted by Gasteiger charge is 2.10. The summed E-state index contributed by atoms with van der Waals surface area (Å²) in [5.41, 5.74) is 8.12. The van der Waals surface area contributed by atoms with Crippen LogP contribution in [0.2, 0.25) is 5.02 Å². The van der Waals surface area contributed by atoms with Crippen LogP contribution in [0.4, 0.5) is 5.82 Å². The van der Waals surface area contributed by atoms with Crippen LogP contribution in [-0.2, 0) is 0 Å². The largest absolute Gasteiger partial charge is 0.497 e. The van der Waals surface area contributed by atoms with E-state index in [0.29, 0.717) is 10.8 Å². The first-order valence-electron chi connectivity index (χ1n) is 4.77. The van der Waals surface area contributed by atoms with Crippen LogP contribution in [0.5, 0.6) is 5.75 Å². The molecule has 0 bridgehead atoms. The Bertz CT molecular complexity index is 522. The van der Waals surface area contributed by atoms with Gasteiger partial charge in [-0.05, 0) is 24.6 Å². The van der Waals surface area contributed by atoms with E-state index in [1.165, 1.54) is 0 Å². The molecule has 1 heterocycles. The molecule has 0 amide bonds. The Kier molecular flexibility index (Phi) is 2.75. The van der Waals surface area contributed by atoms with E-state index in [2.05, 4.69) is 10.2 Å². The number of aryl methyl sites for hydroxylation is 1. The summed E-state index contributed by atoms with van der Waals surface area (Å²) in [6.45, 7) is 1.92. The molecule has 0 unspecified atom stereocenters. The number of nitrogen functional groups attached to an aromatic ring is 1. The quantitative estimate of drug-likeness (QED) is 0.844. The van der Waals surface area contributed by atoms with Crippen molar-refractivity contribution in [1.82, 2.24) is 10.2 Å². The molecule has 3 N–H and O–H groups in total. The monoisotopic (exact) mass is 237 g/mol. The summed E-state index contributed by atoms with van der Waals surface area (Å²) < 4.78 is 5.19. The van der Waals surface area contributed by atoms with Gasteiger partial charge in [-0.2, -0.15) is 5.10 Å². The first kappa shape index (κ1) is 10.8. The first-order chi connectivity index (χ1) is 7.61. The van der Waals surface area contributed by atoms with Gasteiger partial charge in [-0.15, -0.1) is 0 Å². The van der Waals surface area contributed by atoms with Crippen molar-refractivity contribution < 1.29 is 4.74 Å². The molecule has 1 aromatic heterocycles. The molecule has 1 aromatic carbocycles. The second kappa shape index (κ2) is 4.06. The number of aromatic amines is 1. The number of methoxy groups -OCH3 is 1. The molecule has 0 saturated heterocycles. The highest BCUT2D eigenvalue weighted by Crippen LogP contribution is 2.33. The fourth-order valence-electron chi connectivity index (χ4n) is 1.53. The summed E-state index contributed by atoms with van der Waals surface area (Å²) in [4.78, 5) is 0. The minimum absolute atomic E-state index is 0.437. The Morgan fingerprint density at radius 1 is 1.38 bits per heavy atom. The lowest BCUT2D eigenvalue weighted by molar-refractivity contribution is 0.414. The summed E-state index contributed by atoms with van der Waals surface area (Å²) in [7, 11) is 1.62. The van der Waals surface area contributed by atoms with Gasteiger partial charge in [0, 0.05) is 11.6 Å². The molecule has 16 heavy (non-hydrogen) atoms. The molecule has 0 radical (unpaired) electrons. The van der Waals surface area contributed by atoms with E-state index < -0.39 is 0 Å². The Labute approximate surface area is 98.4 Å². The third-order valence-electron chi connectivity index (χ3n) is 2.35. The molecule has 2 rings (SSSR count). The van der Waals surface area contributed by atoms with Crippen LogP contribution >= 0.6 is 11.6 Å². The van der Waals surface area contributed by atoms with Gasteiger partial charge in [0.25, 0.3) is 0 Å². The molecule has 0 aliphatic carbocycles. The standard InChI is InChI=1S/C11H12ClN3O/c1-6-3-7(16-2)4-8(11(6)12)9-5-10(13)15-14-9/h3-5H,1-2H3,(H3,13,14,15). The number of nitrogens with one attached hydrogen (secondary N) is 1. The third-order valence-corrected chi connectivity index (χ3v) is 2.85. The van der Waals surface area contributed by atoms with Crippen molar-refractivity contribution in [2.45, 2.75) is 6.92 Å². The van der Waals surface area contributed by atoms with Crippen LogP contribution in [0.25, 0.3) is 11.3 Å². The maximum absolute atomic E-state index is 6.22. The topological polar surface area (TPSA) is 63.9 Å². The second-order valence-corrected chi connectivity index (χ2v) is 3.89. The van der Waals surface area contributed by atoms with Crippen molar-refractivity contribution in [3.8, 4) is 17.0 Å². The highest BCUT2D eigenvalue weighted by molar-refractivity contribution is 6.34. The lowest BCUT2D eigenvalue weighted by atomic mass is 10.1. The fraction of sp³-hybridized carbons (Fsp3) is 0.182. The zero-order chi connectivity index (χ0) is 11.7. The molecular weight excluding hydrogens is 226 g/mol. The van der Waals surface area contributed by atoms with Crippen molar-refractivity contribution in [3.63, 3.8) is 0 Å². The van der Waals surface area contributed by atoms with Gasteiger partial charge in [0.1, 0.15) is 11.6 Å². The second-order valence-electron chi connectivity index (χ2n) is 3.51. The number of halogens is 1. The smallest absolute Gasteiger partial charge is 0.145 e. The molecule has 84 valence electrons. The van der Waals surface area contributed by atoms with Gasteiger partial charge in [-0.1, -0.05) is 11.6 Å². The number of nitrogens with two attached hydrogens (primary N) is 1. The zero-order valence-corrected chi connectivity index (χ0v) is 9.80. The van der Waals surface area contributed by atoms with Crippen LogP contribution in [0.15, 0.2) is 18.2 Å². The molecule has 4 nitrogen and oxygen atoms in total. The Hall–Kier alpha value is -1.68. The molecule has 5 heteroatoms. The molecule has 0 spiro atoms. The Balaban J connectivity index is 2.59. The average molecular weight is 238 g/mol. The lowest BCUT2D eigenvalue weighted by Crippen LogP contribution is -1.88. The van der Waals surface area contributed by atoms with Crippen LogP contribution in [0, 0.1) is 6.92 Å². The molecule has 0 aliphatic heterocycles. The van der Waals surface area contributed by atoms with Crippen molar-refractivity contribution in [3.05, 3.63) is 28.8 Å². The highest BCUT2D eigenvalue weighted by atomic mass is 35.5. The van der Waals surface area contributed by atoms with E-state index >= 15 is 0 Å². The van der Waals surface area contributed by atoms with Gasteiger partial charge in [-0.3, -0.25) is 5.10 Å². The van der Waals surface area contributed by atoms with E-state index in [9.17, 15) is 0 Å². The SMILES string of the molecule is COc1cc(C)c(Cl)c(-c2cc(N)n[nH]2)c1.